The SMILES string of the molecule is COc1ccc(C(=O)C2C(=O)C(=O)N(c3ccc(C)c(Br)c3)C2c2cccc(O)c2)cc1. The first-order chi connectivity index (χ1) is 15.3. The number of phenols is 1. The van der Waals surface area contributed by atoms with Crippen LogP contribution >= 0.6 is 15.9 Å². The van der Waals surface area contributed by atoms with E-state index in [1.165, 1.54) is 24.1 Å². The molecule has 162 valence electrons. The summed E-state index contributed by atoms with van der Waals surface area (Å²) in [6, 6.07) is 17.1. The highest BCUT2D eigenvalue weighted by Gasteiger charge is 2.52. The number of amides is 1. The van der Waals surface area contributed by atoms with Crippen LogP contribution in [-0.2, 0) is 9.59 Å². The molecule has 1 fully saturated rings. The molecular formula is C25H20BrNO5. The Balaban J connectivity index is 1.85. The van der Waals surface area contributed by atoms with Gasteiger partial charge in [-0.05, 0) is 66.6 Å². The van der Waals surface area contributed by atoms with Crippen molar-refractivity contribution in [3.8, 4) is 11.5 Å². The summed E-state index contributed by atoms with van der Waals surface area (Å²) < 4.78 is 5.91. The van der Waals surface area contributed by atoms with Crippen LogP contribution in [0.3, 0.4) is 0 Å². The Morgan fingerprint density at radius 2 is 1.75 bits per heavy atom. The number of aromatic hydroxyl groups is 1. The van der Waals surface area contributed by atoms with Crippen LogP contribution in [0.15, 0.2) is 71.2 Å². The van der Waals surface area contributed by atoms with Crippen LogP contribution in [0, 0.1) is 12.8 Å². The van der Waals surface area contributed by atoms with Gasteiger partial charge >= 0.3 is 0 Å². The van der Waals surface area contributed by atoms with Crippen molar-refractivity contribution in [2.45, 2.75) is 13.0 Å². The number of phenolic OH excluding ortho intramolecular Hbond substituents is 1. The van der Waals surface area contributed by atoms with Gasteiger partial charge in [-0.25, -0.2) is 0 Å². The lowest BCUT2D eigenvalue weighted by Crippen LogP contribution is -2.30. The Morgan fingerprint density at radius 1 is 1.03 bits per heavy atom. The van der Waals surface area contributed by atoms with Gasteiger partial charge in [0.25, 0.3) is 5.91 Å². The zero-order chi connectivity index (χ0) is 23.0. The van der Waals surface area contributed by atoms with Crippen LogP contribution in [0.2, 0.25) is 0 Å². The number of benzene rings is 3. The van der Waals surface area contributed by atoms with E-state index in [4.69, 9.17) is 4.74 Å². The third-order valence-corrected chi connectivity index (χ3v) is 6.46. The lowest BCUT2D eigenvalue weighted by molar-refractivity contribution is -0.135. The van der Waals surface area contributed by atoms with Gasteiger partial charge in [0.05, 0.1) is 13.2 Å². The summed E-state index contributed by atoms with van der Waals surface area (Å²) in [6.45, 7) is 1.91. The Hall–Kier alpha value is -3.45. The molecule has 0 bridgehead atoms. The van der Waals surface area contributed by atoms with E-state index in [0.29, 0.717) is 22.6 Å². The molecule has 0 aliphatic carbocycles. The minimum atomic E-state index is -1.25. The number of methoxy groups -OCH3 is 1. The summed E-state index contributed by atoms with van der Waals surface area (Å²) in [6.07, 6.45) is 0. The number of ketones is 2. The standard InChI is InChI=1S/C25H20BrNO5/c1-14-6-9-17(13-20(14)26)27-22(16-4-3-5-18(28)12-16)21(24(30)25(27)31)23(29)15-7-10-19(32-2)11-8-15/h3-13,21-22,28H,1-2H3. The molecule has 1 amide bonds. The number of aryl methyl sites for hydroxylation is 1. The number of hydrogen-bond acceptors (Lipinski definition) is 5. The maximum Gasteiger partial charge on any atom is 0.295 e. The molecule has 2 atom stereocenters. The molecule has 0 radical (unpaired) electrons. The average molecular weight is 494 g/mol. The number of carbonyl (C=O) groups is 3. The van der Waals surface area contributed by atoms with E-state index in [1.807, 2.05) is 13.0 Å². The fourth-order valence-electron chi connectivity index (χ4n) is 3.93. The zero-order valence-corrected chi connectivity index (χ0v) is 19.0. The largest absolute Gasteiger partial charge is 0.508 e. The molecule has 1 aliphatic rings. The normalized spacial score (nSPS) is 18.2. The van der Waals surface area contributed by atoms with Gasteiger partial charge in [-0.1, -0.05) is 34.1 Å². The number of halogens is 1. The number of nitrogens with zero attached hydrogens (tertiary/aromatic N) is 1. The van der Waals surface area contributed by atoms with E-state index in [1.54, 1.807) is 48.5 Å². The molecular weight excluding hydrogens is 474 g/mol. The molecule has 1 heterocycles. The van der Waals surface area contributed by atoms with E-state index in [2.05, 4.69) is 15.9 Å². The number of carbonyl (C=O) groups excluding carboxylic acids is 3. The number of hydrogen-bond donors (Lipinski definition) is 1. The van der Waals surface area contributed by atoms with Gasteiger partial charge in [0.2, 0.25) is 5.78 Å². The zero-order valence-electron chi connectivity index (χ0n) is 17.4. The highest BCUT2D eigenvalue weighted by atomic mass is 79.9. The predicted molar refractivity (Wildman–Crippen MR) is 123 cm³/mol. The van der Waals surface area contributed by atoms with Crippen LogP contribution < -0.4 is 9.64 Å². The Kier molecular flexibility index (Phi) is 5.84. The molecule has 1 aliphatic heterocycles. The van der Waals surface area contributed by atoms with Crippen molar-refractivity contribution in [1.29, 1.82) is 0 Å². The third kappa shape index (κ3) is 3.80. The minimum absolute atomic E-state index is 0.0185. The molecule has 4 rings (SSSR count). The molecule has 0 saturated carbocycles. The molecule has 0 aromatic heterocycles. The Labute approximate surface area is 193 Å². The first-order valence-corrected chi connectivity index (χ1v) is 10.7. The van der Waals surface area contributed by atoms with Gasteiger partial charge in [0.15, 0.2) is 5.78 Å². The lowest BCUT2D eigenvalue weighted by Gasteiger charge is -2.27. The van der Waals surface area contributed by atoms with Crippen molar-refractivity contribution in [1.82, 2.24) is 0 Å². The van der Waals surface area contributed by atoms with Crippen molar-refractivity contribution in [2.24, 2.45) is 5.92 Å². The second-order valence-electron chi connectivity index (χ2n) is 7.58. The predicted octanol–water partition coefficient (Wildman–Crippen LogP) is 4.63. The fraction of sp³-hybridized carbons (Fsp3) is 0.160. The lowest BCUT2D eigenvalue weighted by atomic mass is 9.86. The van der Waals surface area contributed by atoms with Gasteiger partial charge < -0.3 is 9.84 Å². The molecule has 1 saturated heterocycles. The maximum atomic E-state index is 13.5. The Bertz CT molecular complexity index is 1220. The quantitative estimate of drug-likeness (QED) is 0.318. The Morgan fingerprint density at radius 3 is 2.38 bits per heavy atom. The number of Topliss-reactive ketones (excluding diaryl/α,β-unsaturated/α-hetero) is 2. The fourth-order valence-corrected chi connectivity index (χ4v) is 4.29. The third-order valence-electron chi connectivity index (χ3n) is 5.61. The molecule has 32 heavy (non-hydrogen) atoms. The van der Waals surface area contributed by atoms with Crippen LogP contribution in [0.25, 0.3) is 0 Å². The second kappa shape index (κ2) is 8.59. The van der Waals surface area contributed by atoms with E-state index in [-0.39, 0.29) is 5.75 Å². The molecule has 7 heteroatoms. The summed E-state index contributed by atoms with van der Waals surface area (Å²) in [5.41, 5.74) is 2.24. The number of anilines is 1. The highest BCUT2D eigenvalue weighted by molar-refractivity contribution is 9.10. The van der Waals surface area contributed by atoms with Gasteiger partial charge in [0, 0.05) is 15.7 Å². The highest BCUT2D eigenvalue weighted by Crippen LogP contribution is 2.42. The van der Waals surface area contributed by atoms with Gasteiger partial charge in [0.1, 0.15) is 17.4 Å². The van der Waals surface area contributed by atoms with Crippen molar-refractivity contribution < 1.29 is 24.2 Å². The number of rotatable bonds is 5. The summed E-state index contributed by atoms with van der Waals surface area (Å²) in [4.78, 5) is 41.1. The van der Waals surface area contributed by atoms with Gasteiger partial charge in [-0.2, -0.15) is 0 Å². The maximum absolute atomic E-state index is 13.5. The summed E-state index contributed by atoms with van der Waals surface area (Å²) >= 11 is 3.47. The molecule has 0 spiro atoms. The van der Waals surface area contributed by atoms with Crippen molar-refractivity contribution in [2.75, 3.05) is 12.0 Å². The molecule has 1 N–H and O–H groups in total. The van der Waals surface area contributed by atoms with E-state index in [9.17, 15) is 19.5 Å². The van der Waals surface area contributed by atoms with Crippen molar-refractivity contribution >= 4 is 39.1 Å². The summed E-state index contributed by atoms with van der Waals surface area (Å²) in [5.74, 6) is -2.70. The second-order valence-corrected chi connectivity index (χ2v) is 8.44. The van der Waals surface area contributed by atoms with E-state index < -0.39 is 29.4 Å². The first kappa shape index (κ1) is 21.8. The average Bonchev–Trinajstić information content (AvgIpc) is 3.06. The molecule has 3 aromatic rings. The topological polar surface area (TPSA) is 83.9 Å². The van der Waals surface area contributed by atoms with E-state index in [0.717, 1.165) is 10.0 Å². The molecule has 2 unspecified atom stereocenters. The first-order valence-electron chi connectivity index (χ1n) is 9.92. The molecule has 3 aromatic carbocycles. The summed E-state index contributed by atoms with van der Waals surface area (Å²) in [5, 5.41) is 10.0. The van der Waals surface area contributed by atoms with Crippen LogP contribution in [0.5, 0.6) is 11.5 Å². The van der Waals surface area contributed by atoms with Crippen molar-refractivity contribution in [3.63, 3.8) is 0 Å². The smallest absolute Gasteiger partial charge is 0.295 e. The van der Waals surface area contributed by atoms with Crippen LogP contribution in [0.4, 0.5) is 5.69 Å². The van der Waals surface area contributed by atoms with Crippen molar-refractivity contribution in [3.05, 3.63) is 87.9 Å². The minimum Gasteiger partial charge on any atom is -0.508 e. The van der Waals surface area contributed by atoms with Crippen LogP contribution in [-0.4, -0.2) is 29.7 Å². The van der Waals surface area contributed by atoms with E-state index >= 15 is 0 Å². The monoisotopic (exact) mass is 493 g/mol. The van der Waals surface area contributed by atoms with Gasteiger partial charge in [-0.3, -0.25) is 19.3 Å². The summed E-state index contributed by atoms with van der Waals surface area (Å²) in [7, 11) is 1.52. The molecule has 6 nitrogen and oxygen atoms in total. The van der Waals surface area contributed by atoms with Crippen LogP contribution in [0.1, 0.15) is 27.5 Å². The van der Waals surface area contributed by atoms with Gasteiger partial charge in [-0.15, -0.1) is 0 Å². The number of ether oxygens (including phenoxy) is 1.